The van der Waals surface area contributed by atoms with Gasteiger partial charge in [0.1, 0.15) is 13.2 Å². The number of carboxylic acids is 1. The van der Waals surface area contributed by atoms with Gasteiger partial charge in [-0.15, -0.1) is 0 Å². The largest absolute Gasteiger partial charge is 0.480 e. The Morgan fingerprint density at radius 1 is 1.03 bits per heavy atom. The third kappa shape index (κ3) is 6.62. The van der Waals surface area contributed by atoms with Crippen LogP contribution in [0, 0.1) is 0 Å². The molecule has 2 aromatic carbocycles. The molecule has 0 fully saturated rings. The first-order valence-electron chi connectivity index (χ1n) is 12.3. The monoisotopic (exact) mass is 480 g/mol. The number of ether oxygens (including phenoxy) is 1. The minimum absolute atomic E-state index is 0.0226. The van der Waals surface area contributed by atoms with Crippen molar-refractivity contribution >= 4 is 18.0 Å². The molecule has 188 valence electrons. The molecule has 0 saturated heterocycles. The lowest BCUT2D eigenvalue weighted by atomic mass is 9.98. The fourth-order valence-electron chi connectivity index (χ4n) is 4.64. The van der Waals surface area contributed by atoms with Gasteiger partial charge in [0.05, 0.1) is 0 Å². The number of aliphatic carboxylic acids is 1. The summed E-state index contributed by atoms with van der Waals surface area (Å²) in [4.78, 5) is 38.4. The molecule has 2 aromatic rings. The SMILES string of the molecule is CCCCC(CC(=O)N(CC(=O)O)C(C)(C)C)NC(=O)OCC1c2ccccc2-c2ccccc21. The highest BCUT2D eigenvalue weighted by molar-refractivity contribution is 5.83. The smallest absolute Gasteiger partial charge is 0.407 e. The Labute approximate surface area is 207 Å². The number of hydrogen-bond donors (Lipinski definition) is 2. The molecule has 1 unspecified atom stereocenters. The second kappa shape index (κ2) is 11.4. The second-order valence-electron chi connectivity index (χ2n) is 10.1. The van der Waals surface area contributed by atoms with Crippen LogP contribution >= 0.6 is 0 Å². The van der Waals surface area contributed by atoms with Crippen LogP contribution < -0.4 is 5.32 Å². The van der Waals surface area contributed by atoms with Gasteiger partial charge in [-0.1, -0.05) is 68.3 Å². The summed E-state index contributed by atoms with van der Waals surface area (Å²) in [6.07, 6.45) is 1.80. The molecule has 0 aromatic heterocycles. The first-order valence-corrected chi connectivity index (χ1v) is 12.3. The summed E-state index contributed by atoms with van der Waals surface area (Å²) in [5.41, 5.74) is 3.94. The molecule has 1 aliphatic carbocycles. The van der Waals surface area contributed by atoms with Gasteiger partial charge in [0.15, 0.2) is 0 Å². The fraction of sp³-hybridized carbons (Fsp3) is 0.464. The summed E-state index contributed by atoms with van der Waals surface area (Å²) in [5.74, 6) is -1.42. The van der Waals surface area contributed by atoms with Gasteiger partial charge in [-0.2, -0.15) is 0 Å². The Kier molecular flexibility index (Phi) is 8.54. The predicted molar refractivity (Wildman–Crippen MR) is 135 cm³/mol. The minimum Gasteiger partial charge on any atom is -0.480 e. The highest BCUT2D eigenvalue weighted by atomic mass is 16.5. The molecular weight excluding hydrogens is 444 g/mol. The number of alkyl carbamates (subject to hydrolysis) is 1. The van der Waals surface area contributed by atoms with E-state index in [2.05, 4.69) is 29.6 Å². The number of carboxylic acid groups (broad SMARTS) is 1. The highest BCUT2D eigenvalue weighted by Gasteiger charge is 2.31. The Balaban J connectivity index is 1.66. The van der Waals surface area contributed by atoms with Crippen LogP contribution in [0.3, 0.4) is 0 Å². The van der Waals surface area contributed by atoms with Gasteiger partial charge >= 0.3 is 12.1 Å². The van der Waals surface area contributed by atoms with E-state index in [1.807, 2.05) is 31.2 Å². The first kappa shape index (κ1) is 26.3. The van der Waals surface area contributed by atoms with Crippen LogP contribution in [-0.2, 0) is 14.3 Å². The lowest BCUT2D eigenvalue weighted by Crippen LogP contribution is -2.50. The van der Waals surface area contributed by atoms with Gasteiger partial charge in [0.2, 0.25) is 5.91 Å². The van der Waals surface area contributed by atoms with Crippen molar-refractivity contribution in [3.8, 4) is 11.1 Å². The van der Waals surface area contributed by atoms with Crippen molar-refractivity contribution in [3.63, 3.8) is 0 Å². The number of amides is 2. The second-order valence-corrected chi connectivity index (χ2v) is 10.1. The van der Waals surface area contributed by atoms with Gasteiger partial charge in [-0.3, -0.25) is 9.59 Å². The number of nitrogens with one attached hydrogen (secondary N) is 1. The van der Waals surface area contributed by atoms with Crippen LogP contribution in [0.25, 0.3) is 11.1 Å². The molecule has 1 aliphatic rings. The average Bonchev–Trinajstić information content (AvgIpc) is 3.12. The summed E-state index contributed by atoms with van der Waals surface area (Å²) in [5, 5.41) is 12.1. The number of unbranched alkanes of at least 4 members (excludes halogenated alkanes) is 1. The van der Waals surface area contributed by atoms with Crippen molar-refractivity contribution in [2.45, 2.75) is 70.9 Å². The number of fused-ring (bicyclic) bond motifs is 3. The van der Waals surface area contributed by atoms with Crippen LogP contribution in [0.4, 0.5) is 4.79 Å². The van der Waals surface area contributed by atoms with E-state index in [1.54, 1.807) is 20.8 Å². The van der Waals surface area contributed by atoms with Crippen LogP contribution in [0.2, 0.25) is 0 Å². The van der Waals surface area contributed by atoms with E-state index < -0.39 is 23.6 Å². The Morgan fingerprint density at radius 2 is 1.60 bits per heavy atom. The molecule has 0 heterocycles. The van der Waals surface area contributed by atoms with E-state index in [9.17, 15) is 19.5 Å². The average molecular weight is 481 g/mol. The van der Waals surface area contributed by atoms with Gasteiger partial charge in [0.25, 0.3) is 0 Å². The molecule has 7 heteroatoms. The van der Waals surface area contributed by atoms with E-state index in [0.29, 0.717) is 6.42 Å². The molecule has 3 rings (SSSR count). The summed E-state index contributed by atoms with van der Waals surface area (Å²) < 4.78 is 5.65. The van der Waals surface area contributed by atoms with Gasteiger partial charge in [-0.05, 0) is 49.4 Å². The van der Waals surface area contributed by atoms with E-state index in [1.165, 1.54) is 4.90 Å². The molecule has 0 aliphatic heterocycles. The summed E-state index contributed by atoms with van der Waals surface area (Å²) in [7, 11) is 0. The summed E-state index contributed by atoms with van der Waals surface area (Å²) >= 11 is 0. The normalized spacial score (nSPS) is 13.5. The quantitative estimate of drug-likeness (QED) is 0.488. The molecule has 7 nitrogen and oxygen atoms in total. The molecule has 0 bridgehead atoms. The number of nitrogens with zero attached hydrogens (tertiary/aromatic N) is 1. The van der Waals surface area contributed by atoms with Gasteiger partial charge in [0, 0.05) is 23.9 Å². The van der Waals surface area contributed by atoms with Crippen molar-refractivity contribution in [3.05, 3.63) is 59.7 Å². The lowest BCUT2D eigenvalue weighted by Gasteiger charge is -2.35. The van der Waals surface area contributed by atoms with E-state index in [4.69, 9.17) is 4.74 Å². The van der Waals surface area contributed by atoms with Gasteiger partial charge < -0.3 is 20.1 Å². The Morgan fingerprint density at radius 3 is 2.11 bits per heavy atom. The van der Waals surface area contributed by atoms with E-state index in [0.717, 1.165) is 35.1 Å². The van der Waals surface area contributed by atoms with Crippen LogP contribution in [-0.4, -0.2) is 52.7 Å². The maximum Gasteiger partial charge on any atom is 0.407 e. The zero-order valence-electron chi connectivity index (χ0n) is 21.0. The van der Waals surface area contributed by atoms with Crippen LogP contribution in [0.15, 0.2) is 48.5 Å². The molecule has 2 amide bonds. The summed E-state index contributed by atoms with van der Waals surface area (Å²) in [6, 6.07) is 15.8. The highest BCUT2D eigenvalue weighted by Crippen LogP contribution is 2.44. The van der Waals surface area contributed by atoms with E-state index >= 15 is 0 Å². The van der Waals surface area contributed by atoms with Crippen molar-refractivity contribution in [1.82, 2.24) is 10.2 Å². The van der Waals surface area contributed by atoms with Crippen LogP contribution in [0.1, 0.15) is 70.4 Å². The van der Waals surface area contributed by atoms with Crippen molar-refractivity contribution in [1.29, 1.82) is 0 Å². The molecule has 0 saturated carbocycles. The molecular formula is C28H36N2O5. The number of hydrogen-bond acceptors (Lipinski definition) is 4. The number of benzene rings is 2. The lowest BCUT2D eigenvalue weighted by molar-refractivity contribution is -0.148. The Hall–Kier alpha value is -3.35. The molecule has 0 spiro atoms. The van der Waals surface area contributed by atoms with E-state index in [-0.39, 0.29) is 31.4 Å². The third-order valence-electron chi connectivity index (χ3n) is 6.40. The fourth-order valence-corrected chi connectivity index (χ4v) is 4.64. The molecule has 0 radical (unpaired) electrons. The molecule has 2 N–H and O–H groups in total. The van der Waals surface area contributed by atoms with Gasteiger partial charge in [-0.25, -0.2) is 4.79 Å². The number of rotatable bonds is 10. The summed E-state index contributed by atoms with van der Waals surface area (Å²) in [6.45, 7) is 7.25. The van der Waals surface area contributed by atoms with Crippen LogP contribution in [0.5, 0.6) is 0 Å². The zero-order chi connectivity index (χ0) is 25.6. The number of carbonyl (C=O) groups is 3. The first-order chi connectivity index (χ1) is 16.6. The topological polar surface area (TPSA) is 95.9 Å². The standard InChI is InChI=1S/C28H36N2O5/c1-5-6-11-19(16-25(31)30(17-26(32)33)28(2,3)4)29-27(34)35-18-24-22-14-9-7-12-20(22)21-13-8-10-15-23(21)24/h7-10,12-15,19,24H,5-6,11,16-18H2,1-4H3,(H,29,34)(H,32,33). The van der Waals surface area contributed by atoms with Crippen molar-refractivity contribution < 1.29 is 24.2 Å². The number of carbonyl (C=O) groups excluding carboxylic acids is 2. The maximum absolute atomic E-state index is 13.0. The molecule has 35 heavy (non-hydrogen) atoms. The Bertz CT molecular complexity index is 1010. The minimum atomic E-state index is -1.07. The predicted octanol–water partition coefficient (Wildman–Crippen LogP) is 5.19. The zero-order valence-corrected chi connectivity index (χ0v) is 21.0. The maximum atomic E-state index is 13.0. The molecule has 1 atom stereocenters. The van der Waals surface area contributed by atoms with Crippen molar-refractivity contribution in [2.75, 3.05) is 13.2 Å². The van der Waals surface area contributed by atoms with Crippen molar-refractivity contribution in [2.24, 2.45) is 0 Å². The third-order valence-corrected chi connectivity index (χ3v) is 6.40.